The van der Waals surface area contributed by atoms with E-state index in [2.05, 4.69) is 22.8 Å². The smallest absolute Gasteiger partial charge is 0.240 e. The van der Waals surface area contributed by atoms with Gasteiger partial charge in [-0.2, -0.15) is 5.10 Å². The number of hydrogen-bond donors (Lipinski definition) is 2. The maximum Gasteiger partial charge on any atom is 0.240 e. The lowest BCUT2D eigenvalue weighted by atomic mass is 9.90. The fourth-order valence-electron chi connectivity index (χ4n) is 3.58. The minimum Gasteiger partial charge on any atom is -0.326 e. The summed E-state index contributed by atoms with van der Waals surface area (Å²) >= 11 is 0. The van der Waals surface area contributed by atoms with Gasteiger partial charge in [-0.25, -0.2) is 5.43 Å². The standard InChI is InChI=1S/C21H33N3O2/c1-3-10-18(13-9-14-19-16(2)15-20(25)24-23-19)22-21(26)17-11-7-5-4-6-8-12-17/h9-10,13,16-17H,3-8,11-12,14-15H2,1-2H3,(H,22,26)(H,24,25)/b13-9-,18-10+. The van der Waals surface area contributed by atoms with Gasteiger partial charge in [0.2, 0.25) is 11.8 Å². The van der Waals surface area contributed by atoms with Gasteiger partial charge in [-0.15, -0.1) is 0 Å². The van der Waals surface area contributed by atoms with E-state index in [1.807, 2.05) is 25.2 Å². The van der Waals surface area contributed by atoms with Gasteiger partial charge in [0.15, 0.2) is 0 Å². The summed E-state index contributed by atoms with van der Waals surface area (Å²) in [7, 11) is 0. The van der Waals surface area contributed by atoms with Crippen molar-refractivity contribution >= 4 is 17.5 Å². The Bertz CT molecular complexity index is 570. The predicted octanol–water partition coefficient (Wildman–Crippen LogP) is 4.22. The van der Waals surface area contributed by atoms with Gasteiger partial charge >= 0.3 is 0 Å². The fraction of sp³-hybridized carbons (Fsp3) is 0.667. The highest BCUT2D eigenvalue weighted by Gasteiger charge is 2.20. The number of nitrogens with one attached hydrogen (secondary N) is 2. The molecule has 2 N–H and O–H groups in total. The summed E-state index contributed by atoms with van der Waals surface area (Å²) < 4.78 is 0. The van der Waals surface area contributed by atoms with Crippen molar-refractivity contribution in [3.8, 4) is 0 Å². The molecule has 0 radical (unpaired) electrons. The van der Waals surface area contributed by atoms with Gasteiger partial charge in [-0.3, -0.25) is 9.59 Å². The summed E-state index contributed by atoms with van der Waals surface area (Å²) in [5, 5.41) is 7.26. The van der Waals surface area contributed by atoms with Crippen LogP contribution >= 0.6 is 0 Å². The number of rotatable bonds is 6. The molecule has 0 spiro atoms. The highest BCUT2D eigenvalue weighted by atomic mass is 16.2. The average Bonchev–Trinajstić information content (AvgIpc) is 2.56. The van der Waals surface area contributed by atoms with Gasteiger partial charge in [0, 0.05) is 36.1 Å². The van der Waals surface area contributed by atoms with Crippen molar-refractivity contribution in [3.63, 3.8) is 0 Å². The summed E-state index contributed by atoms with van der Waals surface area (Å²) in [6.07, 6.45) is 16.2. The Labute approximate surface area is 157 Å². The van der Waals surface area contributed by atoms with E-state index in [4.69, 9.17) is 0 Å². The van der Waals surface area contributed by atoms with Crippen molar-refractivity contribution in [2.24, 2.45) is 16.9 Å². The van der Waals surface area contributed by atoms with Crippen molar-refractivity contribution < 1.29 is 9.59 Å². The van der Waals surface area contributed by atoms with Crippen molar-refractivity contribution in [1.29, 1.82) is 0 Å². The Morgan fingerprint density at radius 1 is 1.23 bits per heavy atom. The van der Waals surface area contributed by atoms with Crippen LogP contribution in [-0.4, -0.2) is 17.5 Å². The Morgan fingerprint density at radius 3 is 2.58 bits per heavy atom. The molecular formula is C21H33N3O2. The van der Waals surface area contributed by atoms with E-state index in [9.17, 15) is 9.59 Å². The molecular weight excluding hydrogens is 326 g/mol. The summed E-state index contributed by atoms with van der Waals surface area (Å²) in [5.41, 5.74) is 4.39. The molecule has 1 fully saturated rings. The maximum atomic E-state index is 12.6. The van der Waals surface area contributed by atoms with Gasteiger partial charge in [-0.05, 0) is 25.3 Å². The largest absolute Gasteiger partial charge is 0.326 e. The first-order valence-electron chi connectivity index (χ1n) is 10.1. The zero-order chi connectivity index (χ0) is 18.8. The summed E-state index contributed by atoms with van der Waals surface area (Å²) in [6.45, 7) is 4.09. The molecule has 2 aliphatic rings. The lowest BCUT2D eigenvalue weighted by Crippen LogP contribution is -2.31. The molecule has 144 valence electrons. The molecule has 5 nitrogen and oxygen atoms in total. The topological polar surface area (TPSA) is 70.6 Å². The number of amides is 2. The zero-order valence-electron chi connectivity index (χ0n) is 16.2. The molecule has 0 saturated heterocycles. The highest BCUT2D eigenvalue weighted by Crippen LogP contribution is 2.22. The maximum absolute atomic E-state index is 12.6. The molecule has 2 amide bonds. The Balaban J connectivity index is 1.90. The molecule has 1 aliphatic heterocycles. The molecule has 0 aromatic carbocycles. The molecule has 1 saturated carbocycles. The van der Waals surface area contributed by atoms with Crippen molar-refractivity contribution in [3.05, 3.63) is 23.9 Å². The fourth-order valence-corrected chi connectivity index (χ4v) is 3.58. The SMILES string of the molecule is CC/C=C(\C=C/CC1=NNC(=O)CC1C)NC(=O)C1CCCCCCC1. The molecule has 0 bridgehead atoms. The van der Waals surface area contributed by atoms with Crippen LogP contribution in [0.4, 0.5) is 0 Å². The third-order valence-electron chi connectivity index (χ3n) is 5.18. The van der Waals surface area contributed by atoms with Gasteiger partial charge < -0.3 is 5.32 Å². The average molecular weight is 360 g/mol. The lowest BCUT2D eigenvalue weighted by molar-refractivity contribution is -0.125. The first-order chi connectivity index (χ1) is 12.6. The van der Waals surface area contributed by atoms with Crippen molar-refractivity contribution in [1.82, 2.24) is 10.7 Å². The number of carbonyl (C=O) groups excluding carboxylic acids is 2. The van der Waals surface area contributed by atoms with E-state index < -0.39 is 0 Å². The Kier molecular flexibility index (Phi) is 8.59. The second kappa shape index (κ2) is 10.9. The molecule has 0 aromatic rings. The second-order valence-electron chi connectivity index (χ2n) is 7.45. The monoisotopic (exact) mass is 359 g/mol. The number of carbonyl (C=O) groups is 2. The molecule has 1 heterocycles. The van der Waals surface area contributed by atoms with Crippen LogP contribution < -0.4 is 10.7 Å². The number of allylic oxidation sites excluding steroid dienone is 3. The summed E-state index contributed by atoms with van der Waals surface area (Å²) in [6, 6.07) is 0. The third-order valence-corrected chi connectivity index (χ3v) is 5.18. The van der Waals surface area contributed by atoms with E-state index in [0.717, 1.165) is 43.5 Å². The first kappa shape index (κ1) is 20.4. The van der Waals surface area contributed by atoms with E-state index in [1.54, 1.807) is 0 Å². The van der Waals surface area contributed by atoms with E-state index in [0.29, 0.717) is 12.8 Å². The molecule has 1 aliphatic carbocycles. The Morgan fingerprint density at radius 2 is 1.92 bits per heavy atom. The zero-order valence-corrected chi connectivity index (χ0v) is 16.2. The van der Waals surface area contributed by atoms with Gasteiger partial charge in [0.05, 0.1) is 0 Å². The van der Waals surface area contributed by atoms with Crippen LogP contribution in [0.5, 0.6) is 0 Å². The van der Waals surface area contributed by atoms with E-state index >= 15 is 0 Å². The predicted molar refractivity (Wildman–Crippen MR) is 105 cm³/mol. The van der Waals surface area contributed by atoms with Crippen LogP contribution in [-0.2, 0) is 9.59 Å². The number of hydrogen-bond acceptors (Lipinski definition) is 3. The van der Waals surface area contributed by atoms with Crippen LogP contribution in [0.2, 0.25) is 0 Å². The molecule has 26 heavy (non-hydrogen) atoms. The van der Waals surface area contributed by atoms with Crippen molar-refractivity contribution in [2.75, 3.05) is 0 Å². The Hall–Kier alpha value is -1.91. The van der Waals surface area contributed by atoms with Gasteiger partial charge in [0.1, 0.15) is 0 Å². The minimum atomic E-state index is -0.0248. The van der Waals surface area contributed by atoms with Crippen LogP contribution in [0, 0.1) is 11.8 Å². The molecule has 1 unspecified atom stereocenters. The van der Waals surface area contributed by atoms with Crippen LogP contribution in [0.25, 0.3) is 0 Å². The minimum absolute atomic E-state index is 0.0248. The summed E-state index contributed by atoms with van der Waals surface area (Å²) in [5.74, 6) is 0.438. The normalized spacial score (nSPS) is 23.2. The first-order valence-corrected chi connectivity index (χ1v) is 10.1. The van der Waals surface area contributed by atoms with Gasteiger partial charge in [0.25, 0.3) is 0 Å². The van der Waals surface area contributed by atoms with Gasteiger partial charge in [-0.1, -0.05) is 58.1 Å². The quantitative estimate of drug-likeness (QED) is 0.697. The molecule has 0 aromatic heterocycles. The highest BCUT2D eigenvalue weighted by molar-refractivity contribution is 5.95. The number of nitrogens with zero attached hydrogens (tertiary/aromatic N) is 1. The third kappa shape index (κ3) is 6.77. The number of hydrazone groups is 1. The molecule has 5 heteroatoms. The van der Waals surface area contributed by atoms with Crippen LogP contribution in [0.3, 0.4) is 0 Å². The van der Waals surface area contributed by atoms with Crippen LogP contribution in [0.1, 0.15) is 78.1 Å². The van der Waals surface area contributed by atoms with E-state index in [-0.39, 0.29) is 23.7 Å². The van der Waals surface area contributed by atoms with Crippen LogP contribution in [0.15, 0.2) is 29.0 Å². The molecule has 2 rings (SSSR count). The van der Waals surface area contributed by atoms with Crippen molar-refractivity contribution in [2.45, 2.75) is 78.1 Å². The van der Waals surface area contributed by atoms with E-state index in [1.165, 1.54) is 19.3 Å². The summed E-state index contributed by atoms with van der Waals surface area (Å²) in [4.78, 5) is 24.0. The molecule has 1 atom stereocenters. The second-order valence-corrected chi connectivity index (χ2v) is 7.45. The lowest BCUT2D eigenvalue weighted by Gasteiger charge is -2.19.